The van der Waals surface area contributed by atoms with Crippen LogP contribution in [-0.4, -0.2) is 30.0 Å². The number of benzene rings is 1. The quantitative estimate of drug-likeness (QED) is 0.743. The van der Waals surface area contributed by atoms with Crippen molar-refractivity contribution in [3.05, 3.63) is 47.2 Å². The van der Waals surface area contributed by atoms with E-state index in [2.05, 4.69) is 16.4 Å². The van der Waals surface area contributed by atoms with Crippen LogP contribution in [0.15, 0.2) is 40.3 Å². The number of hydrogen-bond acceptors (Lipinski definition) is 6. The Bertz CT molecular complexity index is 803. The SMILES string of the molecule is COCc1cc(C)nc(SCC(=O)Nc2cccc(SC)c2)c1C#N. The maximum atomic E-state index is 12.2. The first-order chi connectivity index (χ1) is 12.1. The average Bonchev–Trinajstić information content (AvgIpc) is 2.60. The molecule has 0 radical (unpaired) electrons. The topological polar surface area (TPSA) is 75.0 Å². The highest BCUT2D eigenvalue weighted by molar-refractivity contribution is 8.00. The van der Waals surface area contributed by atoms with E-state index in [0.717, 1.165) is 21.8 Å². The molecule has 0 atom stereocenters. The van der Waals surface area contributed by atoms with E-state index in [9.17, 15) is 10.1 Å². The van der Waals surface area contributed by atoms with E-state index in [1.54, 1.807) is 18.9 Å². The summed E-state index contributed by atoms with van der Waals surface area (Å²) in [6.45, 7) is 2.20. The molecule has 2 aromatic rings. The number of nitrogens with zero attached hydrogens (tertiary/aromatic N) is 2. The lowest BCUT2D eigenvalue weighted by Crippen LogP contribution is -2.14. The smallest absolute Gasteiger partial charge is 0.234 e. The van der Waals surface area contributed by atoms with Gasteiger partial charge in [0.1, 0.15) is 11.1 Å². The van der Waals surface area contributed by atoms with E-state index in [1.807, 2.05) is 43.5 Å². The van der Waals surface area contributed by atoms with Gasteiger partial charge in [0, 0.05) is 23.4 Å². The second-order valence-corrected chi connectivity index (χ2v) is 7.06. The Morgan fingerprint density at radius 1 is 1.40 bits per heavy atom. The van der Waals surface area contributed by atoms with Crippen molar-refractivity contribution in [3.8, 4) is 6.07 Å². The largest absolute Gasteiger partial charge is 0.380 e. The van der Waals surface area contributed by atoms with Crippen LogP contribution in [0, 0.1) is 18.3 Å². The van der Waals surface area contributed by atoms with Crippen LogP contribution < -0.4 is 5.32 Å². The number of amides is 1. The number of aryl methyl sites for hydroxylation is 1. The molecule has 0 spiro atoms. The van der Waals surface area contributed by atoms with Gasteiger partial charge in [-0.3, -0.25) is 4.79 Å². The highest BCUT2D eigenvalue weighted by atomic mass is 32.2. The molecule has 0 fully saturated rings. The van der Waals surface area contributed by atoms with Crippen LogP contribution in [0.2, 0.25) is 0 Å². The summed E-state index contributed by atoms with van der Waals surface area (Å²) in [5.74, 6) is 0.0462. The van der Waals surface area contributed by atoms with Crippen molar-refractivity contribution in [1.29, 1.82) is 5.26 Å². The van der Waals surface area contributed by atoms with Crippen LogP contribution in [0.4, 0.5) is 5.69 Å². The van der Waals surface area contributed by atoms with Gasteiger partial charge in [-0.15, -0.1) is 11.8 Å². The lowest BCUT2D eigenvalue weighted by Gasteiger charge is -2.10. The second-order valence-electron chi connectivity index (χ2n) is 5.22. The first kappa shape index (κ1) is 19.3. The molecule has 1 heterocycles. The molecule has 1 N–H and O–H groups in total. The van der Waals surface area contributed by atoms with Crippen LogP contribution in [0.1, 0.15) is 16.8 Å². The molecule has 1 aromatic carbocycles. The molecular formula is C18H19N3O2S2. The van der Waals surface area contributed by atoms with E-state index in [4.69, 9.17) is 4.74 Å². The number of hydrogen-bond donors (Lipinski definition) is 1. The lowest BCUT2D eigenvalue weighted by atomic mass is 10.1. The Labute approximate surface area is 156 Å². The number of pyridine rings is 1. The Hall–Kier alpha value is -2.01. The monoisotopic (exact) mass is 373 g/mol. The Balaban J connectivity index is 2.07. The van der Waals surface area contributed by atoms with Gasteiger partial charge < -0.3 is 10.1 Å². The molecule has 1 aromatic heterocycles. The molecule has 0 saturated heterocycles. The summed E-state index contributed by atoms with van der Waals surface area (Å²) in [6.07, 6.45) is 1.99. The summed E-state index contributed by atoms with van der Waals surface area (Å²) < 4.78 is 5.14. The highest BCUT2D eigenvalue weighted by Gasteiger charge is 2.14. The number of rotatable bonds is 7. The minimum Gasteiger partial charge on any atom is -0.380 e. The molecule has 130 valence electrons. The van der Waals surface area contributed by atoms with Crippen molar-refractivity contribution in [2.75, 3.05) is 24.4 Å². The molecule has 0 unspecified atom stereocenters. The summed E-state index contributed by atoms with van der Waals surface area (Å²) in [4.78, 5) is 17.7. The molecule has 2 rings (SSSR count). The molecule has 0 aliphatic carbocycles. The molecule has 5 nitrogen and oxygen atoms in total. The fourth-order valence-corrected chi connectivity index (χ4v) is 3.56. The van der Waals surface area contributed by atoms with Crippen LogP contribution in [0.25, 0.3) is 0 Å². The van der Waals surface area contributed by atoms with Crippen LogP contribution in [0.3, 0.4) is 0 Å². The zero-order valence-corrected chi connectivity index (χ0v) is 16.0. The van der Waals surface area contributed by atoms with Crippen molar-refractivity contribution in [1.82, 2.24) is 4.98 Å². The van der Waals surface area contributed by atoms with Gasteiger partial charge in [-0.2, -0.15) is 5.26 Å². The molecule has 0 aliphatic heterocycles. The Morgan fingerprint density at radius 2 is 2.20 bits per heavy atom. The third-order valence-electron chi connectivity index (χ3n) is 3.30. The van der Waals surface area contributed by atoms with Gasteiger partial charge in [0.05, 0.1) is 17.9 Å². The number of carbonyl (C=O) groups is 1. The number of methoxy groups -OCH3 is 1. The normalized spacial score (nSPS) is 10.3. The van der Waals surface area contributed by atoms with Crippen molar-refractivity contribution >= 4 is 35.1 Å². The van der Waals surface area contributed by atoms with Gasteiger partial charge in [0.25, 0.3) is 0 Å². The third-order valence-corrected chi connectivity index (χ3v) is 5.00. The number of ether oxygens (including phenoxy) is 1. The summed E-state index contributed by atoms with van der Waals surface area (Å²) in [7, 11) is 1.58. The van der Waals surface area contributed by atoms with Gasteiger partial charge in [0.2, 0.25) is 5.91 Å². The van der Waals surface area contributed by atoms with Gasteiger partial charge >= 0.3 is 0 Å². The van der Waals surface area contributed by atoms with Gasteiger partial charge in [-0.1, -0.05) is 17.8 Å². The second kappa shape index (κ2) is 9.47. The fourth-order valence-electron chi connectivity index (χ4n) is 2.24. The first-order valence-electron chi connectivity index (χ1n) is 7.53. The summed E-state index contributed by atoms with van der Waals surface area (Å²) in [5, 5.41) is 12.8. The molecule has 0 saturated carbocycles. The molecule has 1 amide bonds. The summed E-state index contributed by atoms with van der Waals surface area (Å²) >= 11 is 2.88. The lowest BCUT2D eigenvalue weighted by molar-refractivity contribution is -0.113. The summed E-state index contributed by atoms with van der Waals surface area (Å²) in [6, 6.07) is 11.7. The van der Waals surface area contributed by atoms with Gasteiger partial charge in [0.15, 0.2) is 0 Å². The van der Waals surface area contributed by atoms with E-state index in [-0.39, 0.29) is 11.7 Å². The maximum Gasteiger partial charge on any atom is 0.234 e. The first-order valence-corrected chi connectivity index (χ1v) is 9.74. The van der Waals surface area contributed by atoms with E-state index in [0.29, 0.717) is 17.2 Å². The van der Waals surface area contributed by atoms with Crippen LogP contribution >= 0.6 is 23.5 Å². The van der Waals surface area contributed by atoms with Crippen LogP contribution in [0.5, 0.6) is 0 Å². The molecule has 7 heteroatoms. The molecule has 25 heavy (non-hydrogen) atoms. The third kappa shape index (κ3) is 5.49. The minimum absolute atomic E-state index is 0.135. The minimum atomic E-state index is -0.135. The average molecular weight is 374 g/mol. The fraction of sp³-hybridized carbons (Fsp3) is 0.278. The van der Waals surface area contributed by atoms with E-state index >= 15 is 0 Å². The number of nitriles is 1. The number of carbonyl (C=O) groups excluding carboxylic acids is 1. The maximum absolute atomic E-state index is 12.2. The van der Waals surface area contributed by atoms with Crippen molar-refractivity contribution in [2.24, 2.45) is 0 Å². The van der Waals surface area contributed by atoms with Crippen molar-refractivity contribution in [3.63, 3.8) is 0 Å². The van der Waals surface area contributed by atoms with Gasteiger partial charge in [-0.25, -0.2) is 4.98 Å². The van der Waals surface area contributed by atoms with Gasteiger partial charge in [-0.05, 0) is 43.0 Å². The predicted molar refractivity (Wildman–Crippen MR) is 102 cm³/mol. The van der Waals surface area contributed by atoms with Crippen molar-refractivity contribution < 1.29 is 9.53 Å². The number of thioether (sulfide) groups is 2. The Morgan fingerprint density at radius 3 is 2.88 bits per heavy atom. The summed E-state index contributed by atoms with van der Waals surface area (Å²) in [5.41, 5.74) is 2.81. The zero-order chi connectivity index (χ0) is 18.2. The number of aromatic nitrogens is 1. The molecule has 0 aliphatic rings. The number of anilines is 1. The standard InChI is InChI=1S/C18H19N3O2S2/c1-12-7-13(10-23-2)16(9-19)18(20-12)25-11-17(22)21-14-5-4-6-15(8-14)24-3/h4-8H,10-11H2,1-3H3,(H,21,22). The Kier molecular flexibility index (Phi) is 7.31. The molecular weight excluding hydrogens is 354 g/mol. The zero-order valence-electron chi connectivity index (χ0n) is 14.3. The predicted octanol–water partition coefficient (Wildman–Crippen LogP) is 3.86. The van der Waals surface area contributed by atoms with Crippen molar-refractivity contribution in [2.45, 2.75) is 23.5 Å². The van der Waals surface area contributed by atoms with E-state index < -0.39 is 0 Å². The number of nitrogens with one attached hydrogen (secondary N) is 1. The highest BCUT2D eigenvalue weighted by Crippen LogP contribution is 2.25. The van der Waals surface area contributed by atoms with E-state index in [1.165, 1.54) is 11.8 Å². The van der Waals surface area contributed by atoms with Crippen LogP contribution in [-0.2, 0) is 16.1 Å². The molecule has 0 bridgehead atoms.